The van der Waals surface area contributed by atoms with E-state index in [2.05, 4.69) is 15.1 Å². The zero-order chi connectivity index (χ0) is 11.4. The first kappa shape index (κ1) is 10.7. The second-order valence-electron chi connectivity index (χ2n) is 3.38. The first-order valence-corrected chi connectivity index (χ1v) is 4.87. The number of aliphatic hydroxyl groups excluding tert-OH is 1. The Labute approximate surface area is 92.1 Å². The molecule has 0 aliphatic rings. The van der Waals surface area contributed by atoms with Crippen LogP contribution in [0.4, 0.5) is 0 Å². The molecule has 0 amide bonds. The monoisotopic (exact) mass is 220 g/mol. The number of aliphatic hydroxyl groups is 1. The van der Waals surface area contributed by atoms with Crippen LogP contribution in [0, 0.1) is 0 Å². The van der Waals surface area contributed by atoms with Gasteiger partial charge >= 0.3 is 0 Å². The van der Waals surface area contributed by atoms with Gasteiger partial charge in [0, 0.05) is 18.8 Å². The van der Waals surface area contributed by atoms with Gasteiger partial charge in [0.25, 0.3) is 0 Å². The lowest BCUT2D eigenvalue weighted by atomic mass is 10.2. The third kappa shape index (κ3) is 2.41. The molecule has 1 atom stereocenters. The van der Waals surface area contributed by atoms with Crippen LogP contribution < -0.4 is 5.73 Å². The molecular weight excluding hydrogens is 208 g/mol. The van der Waals surface area contributed by atoms with Gasteiger partial charge in [0.2, 0.25) is 5.89 Å². The Morgan fingerprint density at radius 1 is 1.50 bits per heavy atom. The molecule has 3 N–H and O–H groups in total. The van der Waals surface area contributed by atoms with E-state index < -0.39 is 6.04 Å². The molecule has 0 saturated heterocycles. The lowest BCUT2D eigenvalue weighted by Crippen LogP contribution is -2.14. The fourth-order valence-electron chi connectivity index (χ4n) is 1.25. The summed E-state index contributed by atoms with van der Waals surface area (Å²) in [5, 5.41) is 12.6. The quantitative estimate of drug-likeness (QED) is 0.755. The fraction of sp³-hybridized carbons (Fsp3) is 0.300. The van der Waals surface area contributed by atoms with Crippen molar-refractivity contribution in [2.45, 2.75) is 12.5 Å². The molecule has 0 aromatic carbocycles. The predicted octanol–water partition coefficient (Wildman–Crippen LogP) is 0.0475. The van der Waals surface area contributed by atoms with Crippen LogP contribution in [0.3, 0.4) is 0 Å². The summed E-state index contributed by atoms with van der Waals surface area (Å²) in [4.78, 5) is 8.07. The molecule has 0 bridgehead atoms. The molecule has 0 aliphatic carbocycles. The molecule has 2 aromatic heterocycles. The third-order valence-electron chi connectivity index (χ3n) is 2.08. The Balaban J connectivity index is 2.09. The lowest BCUT2D eigenvalue weighted by Gasteiger charge is -1.98. The molecule has 0 spiro atoms. The number of nitrogens with zero attached hydrogens (tertiary/aromatic N) is 3. The van der Waals surface area contributed by atoms with Crippen molar-refractivity contribution in [1.29, 1.82) is 0 Å². The summed E-state index contributed by atoms with van der Waals surface area (Å²) in [6, 6.07) is 3.15. The van der Waals surface area contributed by atoms with Crippen LogP contribution in [0.1, 0.15) is 23.3 Å². The van der Waals surface area contributed by atoms with Gasteiger partial charge in [-0.3, -0.25) is 4.98 Å². The van der Waals surface area contributed by atoms with Crippen LogP contribution >= 0.6 is 0 Å². The van der Waals surface area contributed by atoms with Crippen molar-refractivity contribution in [3.05, 3.63) is 41.8 Å². The maximum Gasteiger partial charge on any atom is 0.245 e. The van der Waals surface area contributed by atoms with Crippen molar-refractivity contribution < 1.29 is 9.63 Å². The van der Waals surface area contributed by atoms with Crippen molar-refractivity contribution in [2.75, 3.05) is 6.61 Å². The zero-order valence-electron chi connectivity index (χ0n) is 8.58. The molecule has 2 heterocycles. The fourth-order valence-corrected chi connectivity index (χ4v) is 1.25. The number of rotatable bonds is 4. The second-order valence-corrected chi connectivity index (χ2v) is 3.38. The normalized spacial score (nSPS) is 12.6. The van der Waals surface area contributed by atoms with Crippen LogP contribution in [0.15, 0.2) is 29.0 Å². The van der Waals surface area contributed by atoms with E-state index in [0.29, 0.717) is 12.2 Å². The third-order valence-corrected chi connectivity index (χ3v) is 2.08. The smallest absolute Gasteiger partial charge is 0.245 e. The Bertz CT molecular complexity index is 443. The molecule has 6 heteroatoms. The van der Waals surface area contributed by atoms with E-state index in [1.807, 2.05) is 12.1 Å². The van der Waals surface area contributed by atoms with Gasteiger partial charge in [-0.1, -0.05) is 11.2 Å². The van der Waals surface area contributed by atoms with Gasteiger partial charge in [-0.05, 0) is 11.6 Å². The van der Waals surface area contributed by atoms with E-state index in [4.69, 9.17) is 15.4 Å². The van der Waals surface area contributed by atoms with Gasteiger partial charge in [-0.25, -0.2) is 0 Å². The molecule has 0 fully saturated rings. The number of aromatic nitrogens is 3. The minimum absolute atomic E-state index is 0.214. The van der Waals surface area contributed by atoms with Crippen molar-refractivity contribution in [3.8, 4) is 0 Å². The molecule has 0 aliphatic heterocycles. The van der Waals surface area contributed by atoms with E-state index in [-0.39, 0.29) is 12.5 Å². The Hall–Kier alpha value is -1.79. The Morgan fingerprint density at radius 3 is 3.06 bits per heavy atom. The highest BCUT2D eigenvalue weighted by atomic mass is 16.5. The summed E-state index contributed by atoms with van der Waals surface area (Å²) in [6.45, 7) is -0.214. The first-order valence-electron chi connectivity index (χ1n) is 4.87. The largest absolute Gasteiger partial charge is 0.394 e. The molecule has 2 aromatic rings. The van der Waals surface area contributed by atoms with Crippen LogP contribution in [-0.4, -0.2) is 26.8 Å². The SMILES string of the molecule is NC(CO)c1nc(Cc2cccnc2)no1. The molecule has 0 radical (unpaired) electrons. The highest BCUT2D eigenvalue weighted by Crippen LogP contribution is 2.09. The second kappa shape index (κ2) is 4.82. The minimum Gasteiger partial charge on any atom is -0.394 e. The molecule has 0 saturated carbocycles. The molecule has 16 heavy (non-hydrogen) atoms. The van der Waals surface area contributed by atoms with E-state index in [0.717, 1.165) is 5.56 Å². The Morgan fingerprint density at radius 2 is 2.38 bits per heavy atom. The van der Waals surface area contributed by atoms with Gasteiger partial charge in [0.1, 0.15) is 6.04 Å². The number of pyridine rings is 1. The average Bonchev–Trinajstić information content (AvgIpc) is 2.78. The number of hydrogen-bond donors (Lipinski definition) is 2. The van der Waals surface area contributed by atoms with Gasteiger partial charge < -0.3 is 15.4 Å². The average molecular weight is 220 g/mol. The maximum atomic E-state index is 8.82. The van der Waals surface area contributed by atoms with Crippen molar-refractivity contribution in [3.63, 3.8) is 0 Å². The molecular formula is C10H12N4O2. The van der Waals surface area contributed by atoms with Gasteiger partial charge in [-0.2, -0.15) is 4.98 Å². The highest BCUT2D eigenvalue weighted by molar-refractivity contribution is 5.13. The summed E-state index contributed by atoms with van der Waals surface area (Å²) in [5.74, 6) is 0.785. The molecule has 1 unspecified atom stereocenters. The van der Waals surface area contributed by atoms with Crippen LogP contribution in [0.2, 0.25) is 0 Å². The summed E-state index contributed by atoms with van der Waals surface area (Å²) in [5.41, 5.74) is 6.54. The van der Waals surface area contributed by atoms with E-state index >= 15 is 0 Å². The number of nitrogens with two attached hydrogens (primary N) is 1. The van der Waals surface area contributed by atoms with Crippen LogP contribution in [-0.2, 0) is 6.42 Å². The van der Waals surface area contributed by atoms with Gasteiger partial charge in [0.05, 0.1) is 6.61 Å². The van der Waals surface area contributed by atoms with Crippen molar-refractivity contribution in [1.82, 2.24) is 15.1 Å². The topological polar surface area (TPSA) is 98.1 Å². The summed E-state index contributed by atoms with van der Waals surface area (Å²) in [6.07, 6.45) is 3.98. The molecule has 84 valence electrons. The van der Waals surface area contributed by atoms with E-state index in [1.165, 1.54) is 0 Å². The predicted molar refractivity (Wildman–Crippen MR) is 55.4 cm³/mol. The van der Waals surface area contributed by atoms with Gasteiger partial charge in [-0.15, -0.1) is 0 Å². The van der Waals surface area contributed by atoms with Crippen molar-refractivity contribution >= 4 is 0 Å². The number of hydrogen-bond acceptors (Lipinski definition) is 6. The van der Waals surface area contributed by atoms with E-state index in [9.17, 15) is 0 Å². The minimum atomic E-state index is -0.616. The maximum absolute atomic E-state index is 8.82. The molecule has 6 nitrogen and oxygen atoms in total. The standard InChI is InChI=1S/C10H12N4O2/c11-8(6-15)10-13-9(14-16-10)4-7-2-1-3-12-5-7/h1-3,5,8,15H,4,6,11H2. The lowest BCUT2D eigenvalue weighted by molar-refractivity contribution is 0.236. The summed E-state index contributed by atoms with van der Waals surface area (Å²) >= 11 is 0. The first-order chi connectivity index (χ1) is 7.79. The van der Waals surface area contributed by atoms with Gasteiger partial charge in [0.15, 0.2) is 5.82 Å². The zero-order valence-corrected chi connectivity index (χ0v) is 8.58. The summed E-state index contributed by atoms with van der Waals surface area (Å²) in [7, 11) is 0. The van der Waals surface area contributed by atoms with Crippen LogP contribution in [0.25, 0.3) is 0 Å². The van der Waals surface area contributed by atoms with E-state index in [1.54, 1.807) is 12.4 Å². The van der Waals surface area contributed by atoms with Crippen LogP contribution in [0.5, 0.6) is 0 Å². The highest BCUT2D eigenvalue weighted by Gasteiger charge is 2.13. The molecule has 2 rings (SSSR count). The Kier molecular flexibility index (Phi) is 3.23. The summed E-state index contributed by atoms with van der Waals surface area (Å²) < 4.78 is 4.92. The van der Waals surface area contributed by atoms with Crippen molar-refractivity contribution in [2.24, 2.45) is 5.73 Å².